The number of aryl methyl sites for hydroxylation is 1. The summed E-state index contributed by atoms with van der Waals surface area (Å²) in [6.45, 7) is 12.4. The number of carboxylic acids is 1. The Morgan fingerprint density at radius 1 is 0.861 bits per heavy atom. The van der Waals surface area contributed by atoms with Crippen LogP contribution in [0.4, 0.5) is 10.9 Å². The van der Waals surface area contributed by atoms with Gasteiger partial charge >= 0.3 is 5.97 Å². The Morgan fingerprint density at radius 2 is 1.62 bits per heavy atom. The minimum atomic E-state index is -1.16. The van der Waals surface area contributed by atoms with Crippen LogP contribution in [0.15, 0.2) is 103 Å². The first-order valence-corrected chi connectivity index (χ1v) is 28.7. The molecule has 2 fully saturated rings. The second-order valence-electron chi connectivity index (χ2n) is 22.2. The molecule has 5 N–H and O–H groups in total. The summed E-state index contributed by atoms with van der Waals surface area (Å²) in [6, 6.07) is 28.4. The van der Waals surface area contributed by atoms with Crippen LogP contribution >= 0.6 is 22.7 Å². The van der Waals surface area contributed by atoms with E-state index in [1.54, 1.807) is 23.5 Å². The van der Waals surface area contributed by atoms with Gasteiger partial charge in [-0.1, -0.05) is 92.8 Å². The quantitative estimate of drug-likeness (QED) is 0.0648. The summed E-state index contributed by atoms with van der Waals surface area (Å²) in [4.78, 5) is 86.9. The number of benzene rings is 4. The Bertz CT molecular complexity index is 3400. The van der Waals surface area contributed by atoms with Gasteiger partial charge in [0.15, 0.2) is 10.8 Å². The van der Waals surface area contributed by atoms with E-state index < -0.39 is 35.5 Å². The molecule has 0 unspecified atom stereocenters. The van der Waals surface area contributed by atoms with Gasteiger partial charge in [-0.25, -0.2) is 19.7 Å². The maximum atomic E-state index is 14.4. The number of hydrogen-bond acceptors (Lipinski definition) is 13. The van der Waals surface area contributed by atoms with Gasteiger partial charge < -0.3 is 35.4 Å². The number of hydrogen-bond donors (Lipinski definition) is 5. The first-order valence-electron chi connectivity index (χ1n) is 27.0. The Morgan fingerprint density at radius 3 is 2.34 bits per heavy atom. The molecule has 4 amide bonds. The first-order chi connectivity index (χ1) is 37.9. The summed E-state index contributed by atoms with van der Waals surface area (Å²) in [5.74, 6) is -1.25. The highest BCUT2D eigenvalue weighted by Gasteiger charge is 2.45. The molecule has 5 heterocycles. The number of carbonyl (C=O) groups is 5. The predicted octanol–water partition coefficient (Wildman–Crippen LogP) is 10.3. The molecule has 7 aromatic rings. The molecule has 16 nitrogen and oxygen atoms in total. The molecule has 0 radical (unpaired) electrons. The van der Waals surface area contributed by atoms with E-state index in [9.17, 15) is 34.2 Å². The number of aliphatic hydroxyl groups excluding tert-OH is 1. The molecule has 1 saturated carbocycles. The number of carboxylic acid groups (broad SMARTS) is 1. The minimum Gasteiger partial charge on any atom is -0.490 e. The molecule has 18 heteroatoms. The van der Waals surface area contributed by atoms with Gasteiger partial charge in [-0.15, -0.1) is 11.3 Å². The summed E-state index contributed by atoms with van der Waals surface area (Å²) < 4.78 is 7.61. The Kier molecular flexibility index (Phi) is 16.0. The number of aliphatic hydroxyl groups is 1. The van der Waals surface area contributed by atoms with Crippen molar-refractivity contribution in [2.24, 2.45) is 11.3 Å². The number of ether oxygens (including phenoxy) is 1. The maximum Gasteiger partial charge on any atom is 0.355 e. The average Bonchev–Trinajstić information content (AvgIpc) is 4.19. The van der Waals surface area contributed by atoms with E-state index in [4.69, 9.17) is 9.72 Å². The molecule has 3 aromatic heterocycles. The van der Waals surface area contributed by atoms with Crippen LogP contribution in [-0.4, -0.2) is 97.0 Å². The fourth-order valence-corrected chi connectivity index (χ4v) is 12.9. The number of nitrogens with one attached hydrogen (secondary N) is 3. The molecule has 4 aromatic carbocycles. The number of thiazole rings is 2. The van der Waals surface area contributed by atoms with Gasteiger partial charge in [0.25, 0.3) is 5.91 Å². The van der Waals surface area contributed by atoms with E-state index in [1.165, 1.54) is 16.2 Å². The van der Waals surface area contributed by atoms with E-state index in [2.05, 4.69) is 25.9 Å². The molecular formula is C61H66N8O8S2. The Hall–Kier alpha value is -7.54. The summed E-state index contributed by atoms with van der Waals surface area (Å²) in [5.41, 5.74) is 9.13. The number of rotatable bonds is 15. The van der Waals surface area contributed by atoms with Crippen LogP contribution < -0.4 is 25.6 Å². The maximum absolute atomic E-state index is 14.4. The first kappa shape index (κ1) is 54.8. The Labute approximate surface area is 467 Å². The zero-order valence-corrected chi connectivity index (χ0v) is 46.9. The molecule has 0 spiro atoms. The van der Waals surface area contributed by atoms with Crippen LogP contribution in [-0.2, 0) is 27.3 Å². The lowest BCUT2D eigenvalue weighted by molar-refractivity contribution is -0.144. The second-order valence-corrected chi connectivity index (χ2v) is 24.1. The largest absolute Gasteiger partial charge is 0.490 e. The van der Waals surface area contributed by atoms with E-state index in [-0.39, 0.29) is 60.9 Å². The molecule has 1 saturated heterocycles. The van der Waals surface area contributed by atoms with Crippen molar-refractivity contribution in [2.75, 3.05) is 23.3 Å². The second kappa shape index (κ2) is 23.0. The average molecular weight is 1100 g/mol. The van der Waals surface area contributed by atoms with Crippen molar-refractivity contribution < 1.29 is 38.9 Å². The van der Waals surface area contributed by atoms with Crippen LogP contribution in [0.5, 0.6) is 5.75 Å². The molecule has 10 rings (SSSR count). The monoisotopic (exact) mass is 1100 g/mol. The van der Waals surface area contributed by atoms with Gasteiger partial charge in [-0.2, -0.15) is 0 Å². The van der Waals surface area contributed by atoms with Gasteiger partial charge in [0, 0.05) is 43.6 Å². The number of amides is 4. The third-order valence-electron chi connectivity index (χ3n) is 15.6. The SMILES string of the molecule is Cc1ncsc1-c1ccc([C@H](C)NC(=O)[C@@H]2C[C@@H](O)CN2C(=O)[C@@H](NC(=O)CC2CCC(Oc3cccc(-c4ccc(N5CCc6cccc(C(=O)Nc7nc8ccccc8s7)c6C5)nc4C(=O)O)c3C)CC2)C(C)(C)C)cc1. The number of fused-ring (bicyclic) bond motifs is 2. The lowest BCUT2D eigenvalue weighted by Crippen LogP contribution is -2.58. The molecular weight excluding hydrogens is 1040 g/mol. The zero-order valence-electron chi connectivity index (χ0n) is 45.2. The lowest BCUT2D eigenvalue weighted by atomic mass is 9.83. The molecule has 410 valence electrons. The van der Waals surface area contributed by atoms with E-state index in [0.717, 1.165) is 61.4 Å². The van der Waals surface area contributed by atoms with Crippen LogP contribution in [0.1, 0.15) is 121 Å². The topological polar surface area (TPSA) is 216 Å². The van der Waals surface area contributed by atoms with Gasteiger partial charge in [-0.05, 0) is 134 Å². The summed E-state index contributed by atoms with van der Waals surface area (Å²) in [7, 11) is 0. The number of likely N-dealkylation sites (tertiary alicyclic amines) is 1. The van der Waals surface area contributed by atoms with Gasteiger partial charge in [-0.3, -0.25) is 24.5 Å². The number of carbonyl (C=O) groups excluding carboxylic acids is 4. The zero-order chi connectivity index (χ0) is 55.7. The summed E-state index contributed by atoms with van der Waals surface area (Å²) in [6.07, 6.45) is 2.79. The molecule has 1 aliphatic carbocycles. The number of aromatic carboxylic acids is 1. The fourth-order valence-electron chi connectivity index (χ4n) is 11.2. The van der Waals surface area contributed by atoms with Crippen LogP contribution in [0, 0.1) is 25.2 Å². The van der Waals surface area contributed by atoms with Crippen LogP contribution in [0.25, 0.3) is 31.8 Å². The highest BCUT2D eigenvalue weighted by atomic mass is 32.1. The number of pyridine rings is 1. The van der Waals surface area contributed by atoms with E-state index >= 15 is 0 Å². The van der Waals surface area contributed by atoms with Crippen molar-refractivity contribution in [2.45, 2.75) is 123 Å². The highest BCUT2D eigenvalue weighted by Crippen LogP contribution is 2.38. The van der Waals surface area contributed by atoms with Crippen molar-refractivity contribution in [3.8, 4) is 27.3 Å². The molecule has 0 bridgehead atoms. The van der Waals surface area contributed by atoms with E-state index in [0.29, 0.717) is 65.7 Å². The molecule has 2 aliphatic heterocycles. The lowest BCUT2D eigenvalue weighted by Gasteiger charge is -2.36. The summed E-state index contributed by atoms with van der Waals surface area (Å²) >= 11 is 2.99. The highest BCUT2D eigenvalue weighted by molar-refractivity contribution is 7.22. The molecule has 4 atom stereocenters. The van der Waals surface area contributed by atoms with Crippen molar-refractivity contribution in [3.05, 3.63) is 142 Å². The third-order valence-corrected chi connectivity index (χ3v) is 17.6. The number of nitrogens with zero attached hydrogens (tertiary/aromatic N) is 5. The van der Waals surface area contributed by atoms with Crippen molar-refractivity contribution >= 4 is 73.4 Å². The smallest absolute Gasteiger partial charge is 0.355 e. The number of aromatic nitrogens is 3. The molecule has 79 heavy (non-hydrogen) atoms. The standard InChI is InChI=1S/C61H66N8O8S2/c1-34-43(44-25-26-51(65-53(44)59(75)76)68-28-27-39-11-9-13-45(46(39)32-68)56(72)67-60-64-47-14-7-8-16-50(47)79-60)12-10-15-49(34)77-42-23-17-37(18-24-42)29-52(71)66-55(61(4,5)6)58(74)69-31-41(70)30-48(69)57(73)63-35(2)38-19-21-40(22-20-38)54-36(3)62-33-78-54/h7-16,19-22,25-26,33,35,37,41-42,48,55,70H,17-18,23-24,27-32H2,1-6H3,(H,63,73)(H,66,71)(H,75,76)(H,64,67,72)/t35-,37?,41+,42?,48-,55+/m0/s1. The van der Waals surface area contributed by atoms with Crippen molar-refractivity contribution in [3.63, 3.8) is 0 Å². The fraction of sp³-hybridized carbons (Fsp3) is 0.377. The third kappa shape index (κ3) is 12.1. The number of β-amino-alcohol motifs (C(OH)–C–C–N with tert-alkyl or cyclic N) is 1. The number of para-hydroxylation sites is 1. The van der Waals surface area contributed by atoms with Crippen molar-refractivity contribution in [1.82, 2.24) is 30.5 Å². The van der Waals surface area contributed by atoms with Gasteiger partial charge in [0.2, 0.25) is 17.7 Å². The predicted molar refractivity (Wildman–Crippen MR) is 307 cm³/mol. The normalized spacial score (nSPS) is 19.1. The van der Waals surface area contributed by atoms with Gasteiger partial charge in [0.05, 0.1) is 44.5 Å². The van der Waals surface area contributed by atoms with E-state index in [1.807, 2.05) is 137 Å². The van der Waals surface area contributed by atoms with Crippen molar-refractivity contribution in [1.29, 1.82) is 0 Å². The van der Waals surface area contributed by atoms with Crippen LogP contribution in [0.2, 0.25) is 0 Å². The number of anilines is 2. The van der Waals surface area contributed by atoms with Crippen LogP contribution in [0.3, 0.4) is 0 Å². The minimum absolute atomic E-state index is 0.0141. The molecule has 3 aliphatic rings. The Balaban J connectivity index is 0.741. The summed E-state index contributed by atoms with van der Waals surface area (Å²) in [5, 5.41) is 31.0. The van der Waals surface area contributed by atoms with Gasteiger partial charge in [0.1, 0.15) is 23.7 Å².